The molecule has 0 bridgehead atoms. The minimum absolute atomic E-state index is 0.0642. The molecule has 0 saturated carbocycles. The number of carbonyl (C=O) groups excluding carboxylic acids is 1. The van der Waals surface area contributed by atoms with Crippen LogP contribution in [0.5, 0.6) is 5.88 Å². The van der Waals surface area contributed by atoms with E-state index in [4.69, 9.17) is 32.6 Å². The maximum atomic E-state index is 13.5. The number of pyridine rings is 1. The Bertz CT molecular complexity index is 1680. The fourth-order valence-corrected chi connectivity index (χ4v) is 4.66. The summed E-state index contributed by atoms with van der Waals surface area (Å²) in [5.41, 5.74) is 2.38. The average Bonchev–Trinajstić information content (AvgIpc) is 3.42. The number of hydrogen-bond acceptors (Lipinski definition) is 5. The summed E-state index contributed by atoms with van der Waals surface area (Å²) in [6.07, 6.45) is 1.20. The van der Waals surface area contributed by atoms with Gasteiger partial charge in [-0.25, -0.2) is 9.78 Å². The molecule has 0 radical (unpaired) electrons. The molecule has 0 aliphatic heterocycles. The normalized spacial score (nSPS) is 11.2. The molecule has 0 saturated heterocycles. The van der Waals surface area contributed by atoms with Crippen LogP contribution in [0.3, 0.4) is 0 Å². The van der Waals surface area contributed by atoms with Gasteiger partial charge in [0.15, 0.2) is 0 Å². The van der Waals surface area contributed by atoms with Gasteiger partial charge in [-0.3, -0.25) is 14.3 Å². The number of aromatic amines is 1. The van der Waals surface area contributed by atoms with Gasteiger partial charge >= 0.3 is 5.69 Å². The van der Waals surface area contributed by atoms with Crippen LogP contribution in [0.2, 0.25) is 10.0 Å². The Kier molecular flexibility index (Phi) is 6.54. The quantitative estimate of drug-likeness (QED) is 0.271. The Hall–Kier alpha value is -4.01. The fourth-order valence-electron chi connectivity index (χ4n) is 4.31. The van der Waals surface area contributed by atoms with Crippen molar-refractivity contribution in [2.24, 2.45) is 0 Å². The number of H-pyrrole nitrogens is 1. The lowest BCUT2D eigenvalue weighted by Gasteiger charge is -2.17. The Balaban J connectivity index is 1.89. The first-order chi connectivity index (χ1) is 17.8. The molecule has 8 nitrogen and oxygen atoms in total. The molecule has 37 heavy (non-hydrogen) atoms. The van der Waals surface area contributed by atoms with Crippen LogP contribution in [0, 0.1) is 0 Å². The first-order valence-corrected chi connectivity index (χ1v) is 12.4. The Morgan fingerprint density at radius 1 is 1.08 bits per heavy atom. The van der Waals surface area contributed by atoms with E-state index in [1.54, 1.807) is 29.2 Å². The van der Waals surface area contributed by atoms with Gasteiger partial charge in [-0.15, -0.1) is 0 Å². The van der Waals surface area contributed by atoms with Crippen LogP contribution in [-0.4, -0.2) is 43.5 Å². The molecule has 0 aliphatic carbocycles. The highest BCUT2D eigenvalue weighted by atomic mass is 35.5. The summed E-state index contributed by atoms with van der Waals surface area (Å²) >= 11 is 12.7. The number of nitrogens with zero attached hydrogens (tertiary/aromatic N) is 3. The van der Waals surface area contributed by atoms with Gasteiger partial charge in [0.1, 0.15) is 5.69 Å². The highest BCUT2D eigenvalue weighted by Gasteiger charge is 2.29. The molecule has 0 aliphatic rings. The molecular weight excluding hydrogens is 515 g/mol. The Labute approximate surface area is 221 Å². The zero-order chi connectivity index (χ0) is 26.3. The Morgan fingerprint density at radius 3 is 2.41 bits per heavy atom. The number of amides is 1. The topological polar surface area (TPSA) is 104 Å². The van der Waals surface area contributed by atoms with Crippen molar-refractivity contribution in [3.05, 3.63) is 87.1 Å². The van der Waals surface area contributed by atoms with Crippen molar-refractivity contribution in [2.45, 2.75) is 13.8 Å². The summed E-state index contributed by atoms with van der Waals surface area (Å²) in [6, 6.07) is 16.3. The number of furan rings is 1. The number of fused-ring (bicyclic) bond motifs is 1. The van der Waals surface area contributed by atoms with Crippen LogP contribution in [0.25, 0.3) is 39.2 Å². The Morgan fingerprint density at radius 2 is 1.78 bits per heavy atom. The van der Waals surface area contributed by atoms with Gasteiger partial charge in [0.05, 0.1) is 17.3 Å². The highest BCUT2D eigenvalue weighted by molar-refractivity contribution is 6.33. The number of aromatic nitrogens is 3. The van der Waals surface area contributed by atoms with E-state index in [-0.39, 0.29) is 23.0 Å². The summed E-state index contributed by atoms with van der Waals surface area (Å²) in [5, 5.41) is 11.4. The van der Waals surface area contributed by atoms with E-state index in [1.807, 2.05) is 44.2 Å². The van der Waals surface area contributed by atoms with Gasteiger partial charge in [0.2, 0.25) is 17.4 Å². The van der Waals surface area contributed by atoms with Crippen molar-refractivity contribution in [3.63, 3.8) is 0 Å². The maximum Gasteiger partial charge on any atom is 0.333 e. The third kappa shape index (κ3) is 4.39. The van der Waals surface area contributed by atoms with Gasteiger partial charge in [-0.2, -0.15) is 0 Å². The van der Waals surface area contributed by atoms with E-state index in [9.17, 15) is 14.7 Å². The number of nitrogens with one attached hydrogen (secondary N) is 1. The third-order valence-electron chi connectivity index (χ3n) is 6.13. The summed E-state index contributed by atoms with van der Waals surface area (Å²) < 4.78 is 7.21. The maximum absolute atomic E-state index is 13.5. The highest BCUT2D eigenvalue weighted by Crippen LogP contribution is 2.40. The van der Waals surface area contributed by atoms with Crippen molar-refractivity contribution in [2.75, 3.05) is 13.1 Å². The summed E-state index contributed by atoms with van der Waals surface area (Å²) in [6.45, 7) is 4.58. The van der Waals surface area contributed by atoms with Gasteiger partial charge in [0.25, 0.3) is 5.91 Å². The van der Waals surface area contributed by atoms with Crippen LogP contribution in [0.4, 0.5) is 0 Å². The molecule has 0 atom stereocenters. The van der Waals surface area contributed by atoms with E-state index in [2.05, 4.69) is 4.98 Å². The van der Waals surface area contributed by atoms with Crippen molar-refractivity contribution >= 4 is 40.2 Å². The average molecular weight is 537 g/mol. The molecular formula is C27H22Cl2N4O4. The van der Waals surface area contributed by atoms with Crippen molar-refractivity contribution in [3.8, 4) is 34.0 Å². The monoisotopic (exact) mass is 536 g/mol. The van der Waals surface area contributed by atoms with Gasteiger partial charge in [-0.1, -0.05) is 53.5 Å². The lowest BCUT2D eigenvalue weighted by atomic mass is 9.98. The fraction of sp³-hybridized carbons (Fsp3) is 0.148. The van der Waals surface area contributed by atoms with Crippen molar-refractivity contribution < 1.29 is 14.3 Å². The van der Waals surface area contributed by atoms with Crippen LogP contribution in [0.15, 0.2) is 70.0 Å². The molecule has 10 heteroatoms. The third-order valence-corrected chi connectivity index (χ3v) is 6.71. The molecule has 2 N–H and O–H groups in total. The standard InChI is InChI=1S/C27H22Cl2N4O4/c1-3-32(4-2)26(35)24-23(33-14-21(34)30-27(33)36)19-13-18(15-9-11-16(28)12-10-15)22(31-25(19)37-24)17-7-5-6-8-20(17)29/h5-14,34H,3-4H2,1-2H3,(H,30,36). The number of benzene rings is 2. The summed E-state index contributed by atoms with van der Waals surface area (Å²) in [5.74, 6) is -0.817. The number of imidazole rings is 1. The molecule has 3 heterocycles. The molecule has 5 aromatic rings. The van der Waals surface area contributed by atoms with E-state index in [1.165, 1.54) is 6.20 Å². The predicted molar refractivity (Wildman–Crippen MR) is 144 cm³/mol. The second-order valence-electron chi connectivity index (χ2n) is 8.30. The molecule has 3 aromatic heterocycles. The molecule has 1 amide bonds. The van der Waals surface area contributed by atoms with Gasteiger partial charge in [-0.05, 0) is 43.7 Å². The molecule has 188 valence electrons. The number of rotatable bonds is 6. The van der Waals surface area contributed by atoms with E-state index < -0.39 is 11.6 Å². The first-order valence-electron chi connectivity index (χ1n) is 11.6. The van der Waals surface area contributed by atoms with Crippen LogP contribution in [-0.2, 0) is 0 Å². The molecule has 0 fully saturated rings. The number of aromatic hydroxyl groups is 1. The molecule has 0 spiro atoms. The summed E-state index contributed by atoms with van der Waals surface area (Å²) in [7, 11) is 0. The van der Waals surface area contributed by atoms with Gasteiger partial charge in [0, 0.05) is 34.3 Å². The van der Waals surface area contributed by atoms with E-state index in [0.29, 0.717) is 45.3 Å². The smallest absolute Gasteiger partial charge is 0.333 e. The largest absolute Gasteiger partial charge is 0.493 e. The minimum Gasteiger partial charge on any atom is -0.493 e. The first kappa shape index (κ1) is 24.7. The van der Waals surface area contributed by atoms with Crippen molar-refractivity contribution in [1.82, 2.24) is 19.4 Å². The molecule has 2 aromatic carbocycles. The lowest BCUT2D eigenvalue weighted by molar-refractivity contribution is 0.0743. The van der Waals surface area contributed by atoms with Crippen LogP contribution >= 0.6 is 23.2 Å². The zero-order valence-corrected chi connectivity index (χ0v) is 21.5. The predicted octanol–water partition coefficient (Wildman–Crippen LogP) is 6.14. The van der Waals surface area contributed by atoms with E-state index in [0.717, 1.165) is 10.1 Å². The van der Waals surface area contributed by atoms with Crippen molar-refractivity contribution in [1.29, 1.82) is 0 Å². The van der Waals surface area contributed by atoms with Gasteiger partial charge < -0.3 is 14.4 Å². The van der Waals surface area contributed by atoms with E-state index >= 15 is 0 Å². The number of halogens is 2. The number of carbonyl (C=O) groups is 1. The molecule has 0 unspecified atom stereocenters. The lowest BCUT2D eigenvalue weighted by Crippen LogP contribution is -2.31. The zero-order valence-electron chi connectivity index (χ0n) is 20.0. The van der Waals surface area contributed by atoms with Crippen LogP contribution in [0.1, 0.15) is 24.4 Å². The second-order valence-corrected chi connectivity index (χ2v) is 9.14. The molecule has 5 rings (SSSR count). The second kappa shape index (κ2) is 9.80. The minimum atomic E-state index is -0.628. The van der Waals surface area contributed by atoms with Crippen LogP contribution < -0.4 is 5.69 Å². The summed E-state index contributed by atoms with van der Waals surface area (Å²) in [4.78, 5) is 34.9. The SMILES string of the molecule is CCN(CC)C(=O)c1oc2nc(-c3ccccc3Cl)c(-c3ccc(Cl)cc3)cc2c1-n1cc(O)[nH]c1=O. The number of hydrogen-bond donors (Lipinski definition) is 2.